The summed E-state index contributed by atoms with van der Waals surface area (Å²) in [4.78, 5) is 10.0. The normalized spacial score (nSPS) is 29.9. The van der Waals surface area contributed by atoms with Gasteiger partial charge in [0.25, 0.3) is 0 Å². The van der Waals surface area contributed by atoms with Gasteiger partial charge in [-0.15, -0.1) is 24.0 Å². The van der Waals surface area contributed by atoms with E-state index in [0.29, 0.717) is 6.04 Å². The van der Waals surface area contributed by atoms with Crippen molar-refractivity contribution in [1.82, 2.24) is 20.4 Å². The first kappa shape index (κ1) is 23.2. The Morgan fingerprint density at radius 3 is 2.85 bits per heavy atom. The van der Waals surface area contributed by atoms with Gasteiger partial charge in [-0.25, -0.2) is 0 Å². The van der Waals surface area contributed by atoms with Crippen molar-refractivity contribution in [1.29, 1.82) is 0 Å². The third-order valence-corrected chi connectivity index (χ3v) is 6.11. The number of rotatable bonds is 7. The minimum absolute atomic E-state index is 0. The zero-order chi connectivity index (χ0) is 18.2. The van der Waals surface area contributed by atoms with Gasteiger partial charge >= 0.3 is 0 Å². The van der Waals surface area contributed by atoms with Crippen molar-refractivity contribution >= 4 is 29.9 Å². The van der Waals surface area contributed by atoms with E-state index in [1.807, 2.05) is 0 Å². The summed E-state index contributed by atoms with van der Waals surface area (Å²) >= 11 is 0. The van der Waals surface area contributed by atoms with Gasteiger partial charge in [0.05, 0.1) is 19.3 Å². The summed E-state index contributed by atoms with van der Waals surface area (Å²) in [5, 5.41) is 6.88. The fraction of sp³-hybridized carbons (Fsp3) is 0.950. The number of ether oxygens (including phenoxy) is 1. The molecule has 0 aromatic rings. The average molecular weight is 493 g/mol. The maximum atomic E-state index is 6.03. The zero-order valence-electron chi connectivity index (χ0n) is 17.3. The lowest BCUT2D eigenvalue weighted by atomic mass is 10.0. The number of piperidine rings is 1. The molecule has 0 saturated carbocycles. The molecule has 158 valence electrons. The standard InChI is InChI=1S/C20H39N5O.HI/c1-3-21-20(22-10-7-13-24-11-5-4-8-17(24)2)23-14-19-15-25-12-6-9-18(25)16-26-19;/h17-19H,3-16H2,1-2H3,(H2,21,22,23);1H. The highest BCUT2D eigenvalue weighted by Crippen LogP contribution is 2.22. The highest BCUT2D eigenvalue weighted by Gasteiger charge is 2.32. The van der Waals surface area contributed by atoms with Crippen molar-refractivity contribution in [3.05, 3.63) is 0 Å². The second kappa shape index (κ2) is 12.4. The van der Waals surface area contributed by atoms with Crippen LogP contribution in [0.25, 0.3) is 0 Å². The number of hydrogen-bond donors (Lipinski definition) is 2. The van der Waals surface area contributed by atoms with Crippen LogP contribution in [-0.4, -0.2) is 86.4 Å². The largest absolute Gasteiger partial charge is 0.373 e. The first-order valence-electron chi connectivity index (χ1n) is 10.9. The van der Waals surface area contributed by atoms with Crippen LogP contribution < -0.4 is 10.6 Å². The maximum absolute atomic E-state index is 6.03. The van der Waals surface area contributed by atoms with Gasteiger partial charge in [-0.05, 0) is 59.0 Å². The maximum Gasteiger partial charge on any atom is 0.191 e. The molecule has 3 saturated heterocycles. The van der Waals surface area contributed by atoms with E-state index in [-0.39, 0.29) is 30.1 Å². The number of nitrogens with zero attached hydrogens (tertiary/aromatic N) is 3. The molecular formula is C20H40IN5O. The first-order chi connectivity index (χ1) is 12.8. The number of guanidine groups is 1. The van der Waals surface area contributed by atoms with Gasteiger partial charge in [-0.1, -0.05) is 6.42 Å². The van der Waals surface area contributed by atoms with Gasteiger partial charge in [0, 0.05) is 38.3 Å². The molecule has 7 heteroatoms. The third-order valence-electron chi connectivity index (χ3n) is 6.11. The number of morpholine rings is 1. The lowest BCUT2D eigenvalue weighted by molar-refractivity contribution is -0.0432. The van der Waals surface area contributed by atoms with E-state index < -0.39 is 0 Å². The van der Waals surface area contributed by atoms with Crippen LogP contribution in [0.2, 0.25) is 0 Å². The predicted octanol–water partition coefficient (Wildman–Crippen LogP) is 2.29. The molecule has 2 N–H and O–H groups in total. The molecule has 0 aromatic carbocycles. The van der Waals surface area contributed by atoms with Crippen LogP contribution in [-0.2, 0) is 4.74 Å². The van der Waals surface area contributed by atoms with Crippen molar-refractivity contribution in [3.63, 3.8) is 0 Å². The van der Waals surface area contributed by atoms with E-state index in [0.717, 1.165) is 44.8 Å². The van der Waals surface area contributed by atoms with Gasteiger partial charge in [0.1, 0.15) is 0 Å². The molecule has 0 aliphatic carbocycles. The fourth-order valence-electron chi connectivity index (χ4n) is 4.51. The molecule has 6 nitrogen and oxygen atoms in total. The van der Waals surface area contributed by atoms with E-state index in [4.69, 9.17) is 9.73 Å². The second-order valence-corrected chi connectivity index (χ2v) is 8.13. The van der Waals surface area contributed by atoms with Crippen LogP contribution in [0.5, 0.6) is 0 Å². The molecule has 3 aliphatic heterocycles. The van der Waals surface area contributed by atoms with Crippen LogP contribution in [0.3, 0.4) is 0 Å². The van der Waals surface area contributed by atoms with Gasteiger partial charge in [-0.2, -0.15) is 0 Å². The van der Waals surface area contributed by atoms with Gasteiger partial charge in [0.2, 0.25) is 0 Å². The predicted molar refractivity (Wildman–Crippen MR) is 123 cm³/mol. The number of nitrogens with one attached hydrogen (secondary N) is 2. The summed E-state index contributed by atoms with van der Waals surface area (Å²) in [5.41, 5.74) is 0. The lowest BCUT2D eigenvalue weighted by Crippen LogP contribution is -2.47. The number of halogens is 1. The van der Waals surface area contributed by atoms with Crippen molar-refractivity contribution in [2.45, 2.75) is 70.6 Å². The molecule has 0 spiro atoms. The van der Waals surface area contributed by atoms with Gasteiger partial charge in [0.15, 0.2) is 5.96 Å². The van der Waals surface area contributed by atoms with Crippen LogP contribution in [0.15, 0.2) is 4.99 Å². The molecule has 3 unspecified atom stereocenters. The highest BCUT2D eigenvalue weighted by molar-refractivity contribution is 14.0. The Balaban J connectivity index is 0.00000261. The van der Waals surface area contributed by atoms with Crippen molar-refractivity contribution in [2.24, 2.45) is 4.99 Å². The van der Waals surface area contributed by atoms with Crippen LogP contribution in [0.4, 0.5) is 0 Å². The topological polar surface area (TPSA) is 52.1 Å². The number of hydrogen-bond acceptors (Lipinski definition) is 4. The Bertz CT molecular complexity index is 450. The van der Waals surface area contributed by atoms with E-state index in [1.54, 1.807) is 0 Å². The van der Waals surface area contributed by atoms with Gasteiger partial charge in [-0.3, -0.25) is 9.89 Å². The molecule has 0 amide bonds. The highest BCUT2D eigenvalue weighted by atomic mass is 127. The van der Waals surface area contributed by atoms with Crippen molar-refractivity contribution in [3.8, 4) is 0 Å². The molecule has 0 aromatic heterocycles. The molecule has 0 radical (unpaired) electrons. The molecular weight excluding hydrogens is 453 g/mol. The summed E-state index contributed by atoms with van der Waals surface area (Å²) in [5.74, 6) is 0.936. The van der Waals surface area contributed by atoms with E-state index in [1.165, 1.54) is 58.2 Å². The lowest BCUT2D eigenvalue weighted by Gasteiger charge is -2.34. The number of fused-ring (bicyclic) bond motifs is 1. The minimum atomic E-state index is 0. The van der Waals surface area contributed by atoms with Crippen LogP contribution >= 0.6 is 24.0 Å². The molecule has 3 heterocycles. The Morgan fingerprint density at radius 2 is 2.04 bits per heavy atom. The van der Waals surface area contributed by atoms with Crippen LogP contribution in [0.1, 0.15) is 52.4 Å². The molecule has 3 rings (SSSR count). The summed E-state index contributed by atoms with van der Waals surface area (Å²) in [6, 6.07) is 1.42. The summed E-state index contributed by atoms with van der Waals surface area (Å²) < 4.78 is 6.03. The number of aliphatic imine (C=N–C) groups is 1. The molecule has 3 aliphatic rings. The first-order valence-corrected chi connectivity index (χ1v) is 10.9. The Hall–Kier alpha value is -0.120. The van der Waals surface area contributed by atoms with E-state index >= 15 is 0 Å². The Morgan fingerprint density at radius 1 is 1.15 bits per heavy atom. The number of likely N-dealkylation sites (tertiary alicyclic amines) is 1. The monoisotopic (exact) mass is 493 g/mol. The van der Waals surface area contributed by atoms with E-state index in [2.05, 4.69) is 34.3 Å². The Kier molecular flexibility index (Phi) is 10.7. The summed E-state index contributed by atoms with van der Waals surface area (Å²) in [6.45, 7) is 12.7. The third kappa shape index (κ3) is 7.33. The molecule has 0 bridgehead atoms. The fourth-order valence-corrected chi connectivity index (χ4v) is 4.51. The smallest absolute Gasteiger partial charge is 0.191 e. The molecule has 3 atom stereocenters. The van der Waals surface area contributed by atoms with Crippen LogP contribution in [0, 0.1) is 0 Å². The SMILES string of the molecule is CCNC(=NCC1CN2CCCC2CO1)NCCCN1CCCCC1C.I. The molecule has 3 fully saturated rings. The van der Waals surface area contributed by atoms with Crippen molar-refractivity contribution in [2.75, 3.05) is 52.4 Å². The van der Waals surface area contributed by atoms with Crippen molar-refractivity contribution < 1.29 is 4.74 Å². The zero-order valence-corrected chi connectivity index (χ0v) is 19.6. The molecule has 27 heavy (non-hydrogen) atoms. The van der Waals surface area contributed by atoms with Gasteiger partial charge < -0.3 is 20.3 Å². The minimum Gasteiger partial charge on any atom is -0.373 e. The van der Waals surface area contributed by atoms with E-state index in [9.17, 15) is 0 Å². The quantitative estimate of drug-likeness (QED) is 0.247. The summed E-state index contributed by atoms with van der Waals surface area (Å²) in [7, 11) is 0. The second-order valence-electron chi connectivity index (χ2n) is 8.13. The average Bonchev–Trinajstić information content (AvgIpc) is 3.12. The Labute approximate surface area is 182 Å². The summed E-state index contributed by atoms with van der Waals surface area (Å²) in [6.07, 6.45) is 8.16.